The van der Waals surface area contributed by atoms with Crippen molar-refractivity contribution < 1.29 is 9.47 Å². The van der Waals surface area contributed by atoms with Crippen molar-refractivity contribution in [2.45, 2.75) is 44.9 Å². The standard InChI is InChI=1S/C24H39N3O2.HI/c1-3-21-18-27(14-10-23(21)22-8-5-4-6-9-22)24(25-2)26-13-7-15-29-19-20-11-16-28-17-12-20;/h4-6,8-9,20-21,23H,3,7,10-19H2,1-2H3,(H,25,26);1H. The van der Waals surface area contributed by atoms with Gasteiger partial charge in [0, 0.05) is 53.1 Å². The number of benzene rings is 1. The zero-order chi connectivity index (χ0) is 20.3. The van der Waals surface area contributed by atoms with E-state index in [2.05, 4.69) is 52.5 Å². The Morgan fingerprint density at radius 3 is 2.67 bits per heavy atom. The van der Waals surface area contributed by atoms with Crippen LogP contribution in [0.5, 0.6) is 0 Å². The quantitative estimate of drug-likeness (QED) is 0.233. The van der Waals surface area contributed by atoms with E-state index in [0.29, 0.717) is 17.8 Å². The van der Waals surface area contributed by atoms with Crippen LogP contribution in [0.15, 0.2) is 35.3 Å². The molecule has 2 aliphatic heterocycles. The molecule has 1 N–H and O–H groups in total. The molecule has 1 aromatic carbocycles. The van der Waals surface area contributed by atoms with Crippen molar-refractivity contribution in [1.82, 2.24) is 10.2 Å². The Balaban J connectivity index is 0.00000320. The van der Waals surface area contributed by atoms with Crippen LogP contribution < -0.4 is 5.32 Å². The number of piperidine rings is 1. The number of rotatable bonds is 8. The van der Waals surface area contributed by atoms with Crippen molar-refractivity contribution in [2.24, 2.45) is 16.8 Å². The van der Waals surface area contributed by atoms with Crippen LogP contribution in [0, 0.1) is 11.8 Å². The number of ether oxygens (including phenoxy) is 2. The van der Waals surface area contributed by atoms with E-state index >= 15 is 0 Å². The Morgan fingerprint density at radius 1 is 1.20 bits per heavy atom. The first-order valence-electron chi connectivity index (χ1n) is 11.5. The van der Waals surface area contributed by atoms with Crippen LogP contribution in [0.4, 0.5) is 0 Å². The monoisotopic (exact) mass is 529 g/mol. The Bertz CT molecular complexity index is 608. The predicted octanol–water partition coefficient (Wildman–Crippen LogP) is 4.53. The van der Waals surface area contributed by atoms with Gasteiger partial charge in [0.15, 0.2) is 5.96 Å². The van der Waals surface area contributed by atoms with Crippen LogP contribution in [-0.2, 0) is 9.47 Å². The summed E-state index contributed by atoms with van der Waals surface area (Å²) in [5.41, 5.74) is 1.49. The van der Waals surface area contributed by atoms with E-state index in [1.165, 1.54) is 18.4 Å². The normalized spacial score (nSPS) is 23.1. The third-order valence-electron chi connectivity index (χ3n) is 6.44. The number of nitrogens with zero attached hydrogens (tertiary/aromatic N) is 2. The van der Waals surface area contributed by atoms with Gasteiger partial charge in [-0.2, -0.15) is 0 Å². The highest BCUT2D eigenvalue weighted by Gasteiger charge is 2.30. The third kappa shape index (κ3) is 7.68. The lowest BCUT2D eigenvalue weighted by Gasteiger charge is -2.40. The fourth-order valence-corrected chi connectivity index (χ4v) is 4.65. The van der Waals surface area contributed by atoms with E-state index in [-0.39, 0.29) is 24.0 Å². The first-order valence-corrected chi connectivity index (χ1v) is 11.5. The number of nitrogens with one attached hydrogen (secondary N) is 1. The van der Waals surface area contributed by atoms with Crippen LogP contribution in [0.2, 0.25) is 0 Å². The van der Waals surface area contributed by atoms with Crippen LogP contribution in [0.1, 0.15) is 50.5 Å². The van der Waals surface area contributed by atoms with Crippen LogP contribution in [-0.4, -0.2) is 64.0 Å². The van der Waals surface area contributed by atoms with Crippen molar-refractivity contribution in [1.29, 1.82) is 0 Å². The van der Waals surface area contributed by atoms with Gasteiger partial charge in [0.2, 0.25) is 0 Å². The Kier molecular flexibility index (Phi) is 12.1. The molecule has 2 atom stereocenters. The summed E-state index contributed by atoms with van der Waals surface area (Å²) in [6, 6.07) is 11.0. The largest absolute Gasteiger partial charge is 0.381 e. The molecule has 2 fully saturated rings. The Morgan fingerprint density at radius 2 is 1.97 bits per heavy atom. The number of aliphatic imine (C=N–C) groups is 1. The fraction of sp³-hybridized carbons (Fsp3) is 0.708. The SMILES string of the molecule is CCC1CN(C(=NC)NCCCOCC2CCOCC2)CCC1c1ccccc1.I. The fourth-order valence-electron chi connectivity index (χ4n) is 4.65. The van der Waals surface area contributed by atoms with Crippen molar-refractivity contribution in [3.05, 3.63) is 35.9 Å². The molecule has 2 heterocycles. The zero-order valence-electron chi connectivity index (χ0n) is 18.7. The summed E-state index contributed by atoms with van der Waals surface area (Å²) in [5, 5.41) is 3.55. The summed E-state index contributed by atoms with van der Waals surface area (Å²) in [6.07, 6.45) is 5.69. The number of halogens is 1. The highest BCUT2D eigenvalue weighted by Crippen LogP contribution is 2.34. The lowest BCUT2D eigenvalue weighted by atomic mass is 9.79. The Hall–Kier alpha value is -0.860. The molecule has 2 aliphatic rings. The van der Waals surface area contributed by atoms with Crippen molar-refractivity contribution in [3.63, 3.8) is 0 Å². The molecule has 170 valence electrons. The molecule has 0 amide bonds. The summed E-state index contributed by atoms with van der Waals surface area (Å²) in [5.74, 6) is 3.06. The average molecular weight is 530 g/mol. The lowest BCUT2D eigenvalue weighted by Crippen LogP contribution is -2.48. The molecule has 1 aromatic rings. The third-order valence-corrected chi connectivity index (χ3v) is 6.44. The van der Waals surface area contributed by atoms with E-state index in [1.54, 1.807) is 0 Å². The van der Waals surface area contributed by atoms with E-state index in [1.807, 2.05) is 7.05 Å². The summed E-state index contributed by atoms with van der Waals surface area (Å²) in [4.78, 5) is 6.99. The van der Waals surface area contributed by atoms with Gasteiger partial charge in [-0.15, -0.1) is 24.0 Å². The smallest absolute Gasteiger partial charge is 0.193 e. The zero-order valence-corrected chi connectivity index (χ0v) is 21.1. The van der Waals surface area contributed by atoms with E-state index < -0.39 is 0 Å². The number of hydrogen-bond acceptors (Lipinski definition) is 3. The average Bonchev–Trinajstić information content (AvgIpc) is 2.79. The molecule has 6 heteroatoms. The van der Waals surface area contributed by atoms with Gasteiger partial charge >= 0.3 is 0 Å². The van der Waals surface area contributed by atoms with E-state index in [0.717, 1.165) is 71.3 Å². The molecule has 0 bridgehead atoms. The van der Waals surface area contributed by atoms with Crippen LogP contribution in [0.25, 0.3) is 0 Å². The number of likely N-dealkylation sites (tertiary alicyclic amines) is 1. The van der Waals surface area contributed by atoms with E-state index in [9.17, 15) is 0 Å². The molecule has 2 unspecified atom stereocenters. The van der Waals surface area contributed by atoms with Gasteiger partial charge in [-0.3, -0.25) is 4.99 Å². The van der Waals surface area contributed by atoms with Gasteiger partial charge in [0.05, 0.1) is 0 Å². The molecule has 0 spiro atoms. The highest BCUT2D eigenvalue weighted by molar-refractivity contribution is 14.0. The summed E-state index contributed by atoms with van der Waals surface area (Å²) in [6.45, 7) is 8.85. The van der Waals surface area contributed by atoms with E-state index in [4.69, 9.17) is 9.47 Å². The second kappa shape index (κ2) is 14.2. The first kappa shape index (κ1) is 25.4. The second-order valence-corrected chi connectivity index (χ2v) is 8.38. The lowest BCUT2D eigenvalue weighted by molar-refractivity contribution is 0.0203. The molecule has 0 radical (unpaired) electrons. The molecule has 2 saturated heterocycles. The van der Waals surface area contributed by atoms with Gasteiger partial charge in [0.1, 0.15) is 0 Å². The van der Waals surface area contributed by atoms with Gasteiger partial charge in [-0.25, -0.2) is 0 Å². The maximum atomic E-state index is 5.88. The van der Waals surface area contributed by atoms with Crippen molar-refractivity contribution in [3.8, 4) is 0 Å². The topological polar surface area (TPSA) is 46.1 Å². The molecule has 3 rings (SSSR count). The van der Waals surface area contributed by atoms with Crippen LogP contribution >= 0.6 is 24.0 Å². The number of guanidine groups is 1. The maximum absolute atomic E-state index is 5.88. The molecule has 5 nitrogen and oxygen atoms in total. The minimum atomic E-state index is 0. The molecular formula is C24H40IN3O2. The predicted molar refractivity (Wildman–Crippen MR) is 135 cm³/mol. The number of hydrogen-bond donors (Lipinski definition) is 1. The molecule has 0 aromatic heterocycles. The maximum Gasteiger partial charge on any atom is 0.193 e. The van der Waals surface area contributed by atoms with Crippen molar-refractivity contribution >= 4 is 29.9 Å². The molecule has 0 aliphatic carbocycles. The van der Waals surface area contributed by atoms with Gasteiger partial charge < -0.3 is 19.7 Å². The molecule has 0 saturated carbocycles. The minimum Gasteiger partial charge on any atom is -0.381 e. The highest BCUT2D eigenvalue weighted by atomic mass is 127. The first-order chi connectivity index (χ1) is 14.3. The van der Waals surface area contributed by atoms with Crippen LogP contribution in [0.3, 0.4) is 0 Å². The molecule has 30 heavy (non-hydrogen) atoms. The minimum absolute atomic E-state index is 0. The second-order valence-electron chi connectivity index (χ2n) is 8.38. The summed E-state index contributed by atoms with van der Waals surface area (Å²) < 4.78 is 11.3. The summed E-state index contributed by atoms with van der Waals surface area (Å²) >= 11 is 0. The molecular weight excluding hydrogens is 489 g/mol. The van der Waals surface area contributed by atoms with Crippen molar-refractivity contribution in [2.75, 3.05) is 53.1 Å². The summed E-state index contributed by atoms with van der Waals surface area (Å²) in [7, 11) is 1.90. The van der Waals surface area contributed by atoms with Gasteiger partial charge in [0.25, 0.3) is 0 Å². The Labute approximate surface area is 200 Å². The van der Waals surface area contributed by atoms with Gasteiger partial charge in [-0.05, 0) is 49.0 Å². The van der Waals surface area contributed by atoms with Gasteiger partial charge in [-0.1, -0.05) is 43.7 Å².